The van der Waals surface area contributed by atoms with Crippen LogP contribution in [0.5, 0.6) is 5.75 Å². The van der Waals surface area contributed by atoms with Crippen molar-refractivity contribution in [3.63, 3.8) is 0 Å². The highest BCUT2D eigenvalue weighted by molar-refractivity contribution is 6.02. The number of nitrogens with one attached hydrogen (secondary N) is 2. The van der Waals surface area contributed by atoms with Gasteiger partial charge < -0.3 is 25.0 Å². The minimum absolute atomic E-state index is 0.0818. The van der Waals surface area contributed by atoms with E-state index in [4.69, 9.17) is 9.47 Å². The summed E-state index contributed by atoms with van der Waals surface area (Å²) in [7, 11) is 0. The second-order valence-corrected chi connectivity index (χ2v) is 10.8. The first-order valence-corrected chi connectivity index (χ1v) is 13.9. The molecule has 3 amide bonds. The summed E-state index contributed by atoms with van der Waals surface area (Å²) in [6, 6.07) is 10.0. The molecule has 6 rings (SSSR count). The quantitative estimate of drug-likeness (QED) is 0.508. The van der Waals surface area contributed by atoms with Gasteiger partial charge in [-0.05, 0) is 55.7 Å². The highest BCUT2D eigenvalue weighted by Gasteiger charge is 2.72. The van der Waals surface area contributed by atoms with E-state index in [1.165, 1.54) is 6.42 Å². The number of nitrogens with zero attached hydrogens (tertiary/aromatic N) is 2. The van der Waals surface area contributed by atoms with Crippen molar-refractivity contribution in [3.05, 3.63) is 66.5 Å². The summed E-state index contributed by atoms with van der Waals surface area (Å²) in [5.41, 5.74) is 0.226. The third-order valence-corrected chi connectivity index (χ3v) is 8.39. The molecular formula is C30H34N4O5. The molecule has 4 heterocycles. The molecule has 1 saturated carbocycles. The van der Waals surface area contributed by atoms with E-state index >= 15 is 0 Å². The average Bonchev–Trinajstić information content (AvgIpc) is 3.59. The molecule has 4 aliphatic rings. The van der Waals surface area contributed by atoms with Crippen molar-refractivity contribution in [2.45, 2.75) is 69.4 Å². The van der Waals surface area contributed by atoms with Crippen LogP contribution in [-0.4, -0.2) is 58.0 Å². The van der Waals surface area contributed by atoms with Gasteiger partial charge in [0.15, 0.2) is 0 Å². The molecule has 9 heteroatoms. The molecule has 3 aliphatic heterocycles. The Kier molecular flexibility index (Phi) is 6.85. The molecule has 1 aromatic heterocycles. The number of pyridine rings is 1. The van der Waals surface area contributed by atoms with Gasteiger partial charge in [-0.1, -0.05) is 37.5 Å². The van der Waals surface area contributed by atoms with E-state index in [2.05, 4.69) is 15.6 Å². The van der Waals surface area contributed by atoms with Crippen molar-refractivity contribution in [1.29, 1.82) is 0 Å². The predicted molar refractivity (Wildman–Crippen MR) is 144 cm³/mol. The molecule has 1 aliphatic carbocycles. The van der Waals surface area contributed by atoms with E-state index in [0.717, 1.165) is 31.2 Å². The Morgan fingerprint density at radius 3 is 2.64 bits per heavy atom. The summed E-state index contributed by atoms with van der Waals surface area (Å²) < 4.78 is 11.9. The lowest BCUT2D eigenvalue weighted by molar-refractivity contribution is -0.142. The monoisotopic (exact) mass is 530 g/mol. The standard InChI is InChI=1S/C30H34N4O5/c1-2-38-22-12-10-21(11-13-22)32-27(35)24-23-14-15-30(39-23)25(24)29(37)34(18-19-7-6-16-31-17-19)26(30)28(36)33-20-8-4-3-5-9-20/h6-7,10-17,20,23-26H,2-5,8-9,18H2,1H3,(H,32,35)(H,33,36)/t23-,24-,25-,26-,30-/m0/s1. The van der Waals surface area contributed by atoms with Gasteiger partial charge in [-0.3, -0.25) is 19.4 Å². The lowest BCUT2D eigenvalue weighted by Gasteiger charge is -2.34. The van der Waals surface area contributed by atoms with Crippen molar-refractivity contribution in [2.75, 3.05) is 11.9 Å². The second-order valence-electron chi connectivity index (χ2n) is 10.8. The minimum Gasteiger partial charge on any atom is -0.494 e. The van der Waals surface area contributed by atoms with Crippen LogP contribution in [0.4, 0.5) is 5.69 Å². The molecule has 9 nitrogen and oxygen atoms in total. The Morgan fingerprint density at radius 2 is 1.92 bits per heavy atom. The van der Waals surface area contributed by atoms with Crippen LogP contribution in [0.3, 0.4) is 0 Å². The number of carbonyl (C=O) groups excluding carboxylic acids is 3. The minimum atomic E-state index is -1.19. The van der Waals surface area contributed by atoms with Crippen LogP contribution in [0.25, 0.3) is 0 Å². The topological polar surface area (TPSA) is 110 Å². The Morgan fingerprint density at radius 1 is 1.13 bits per heavy atom. The van der Waals surface area contributed by atoms with Crippen LogP contribution in [0.2, 0.25) is 0 Å². The van der Waals surface area contributed by atoms with E-state index in [0.29, 0.717) is 18.0 Å². The first-order valence-electron chi connectivity index (χ1n) is 13.9. The molecule has 3 fully saturated rings. The average molecular weight is 531 g/mol. The zero-order valence-corrected chi connectivity index (χ0v) is 22.0. The lowest BCUT2D eigenvalue weighted by Crippen LogP contribution is -2.56. The van der Waals surface area contributed by atoms with Gasteiger partial charge in [-0.2, -0.15) is 0 Å². The molecule has 2 bridgehead atoms. The van der Waals surface area contributed by atoms with Gasteiger partial charge in [0, 0.05) is 30.7 Å². The number of carbonyl (C=O) groups is 3. The number of aromatic nitrogens is 1. The number of fused-ring (bicyclic) bond motifs is 1. The molecular weight excluding hydrogens is 496 g/mol. The number of rotatable bonds is 8. The maximum Gasteiger partial charge on any atom is 0.246 e. The molecule has 0 radical (unpaired) electrons. The summed E-state index contributed by atoms with van der Waals surface area (Å²) in [5, 5.41) is 6.16. The Bertz CT molecular complexity index is 1260. The van der Waals surface area contributed by atoms with Gasteiger partial charge in [0.05, 0.1) is 24.5 Å². The van der Waals surface area contributed by atoms with Gasteiger partial charge in [-0.15, -0.1) is 0 Å². The van der Waals surface area contributed by atoms with Crippen LogP contribution in [0.1, 0.15) is 44.6 Å². The lowest BCUT2D eigenvalue weighted by atomic mass is 9.74. The second kappa shape index (κ2) is 10.4. The molecule has 5 atom stereocenters. The number of ether oxygens (including phenoxy) is 2. The largest absolute Gasteiger partial charge is 0.494 e. The van der Waals surface area contributed by atoms with Crippen molar-refractivity contribution in [2.24, 2.45) is 11.8 Å². The molecule has 2 aromatic rings. The van der Waals surface area contributed by atoms with Crippen molar-refractivity contribution < 1.29 is 23.9 Å². The fraction of sp³-hybridized carbons (Fsp3) is 0.467. The van der Waals surface area contributed by atoms with Crippen LogP contribution in [0, 0.1) is 11.8 Å². The number of likely N-dealkylation sites (tertiary alicyclic amines) is 1. The first-order chi connectivity index (χ1) is 19.0. The first kappa shape index (κ1) is 25.6. The smallest absolute Gasteiger partial charge is 0.246 e. The molecule has 39 heavy (non-hydrogen) atoms. The molecule has 2 N–H and O–H groups in total. The predicted octanol–water partition coefficient (Wildman–Crippen LogP) is 3.22. The normalized spacial score (nSPS) is 29.4. The number of anilines is 1. The van der Waals surface area contributed by atoms with Gasteiger partial charge in [0.25, 0.3) is 0 Å². The van der Waals surface area contributed by atoms with Crippen LogP contribution < -0.4 is 15.4 Å². The zero-order valence-electron chi connectivity index (χ0n) is 22.0. The van der Waals surface area contributed by atoms with Crippen molar-refractivity contribution in [1.82, 2.24) is 15.2 Å². The summed E-state index contributed by atoms with van der Waals surface area (Å²) in [6.45, 7) is 2.67. The zero-order chi connectivity index (χ0) is 27.0. The third kappa shape index (κ3) is 4.58. The van der Waals surface area contributed by atoms with Gasteiger partial charge >= 0.3 is 0 Å². The van der Waals surface area contributed by atoms with Gasteiger partial charge in [-0.25, -0.2) is 0 Å². The Balaban J connectivity index is 1.28. The summed E-state index contributed by atoms with van der Waals surface area (Å²) in [4.78, 5) is 47.4. The summed E-state index contributed by atoms with van der Waals surface area (Å²) in [5.74, 6) is -1.61. The van der Waals surface area contributed by atoms with E-state index in [1.54, 1.807) is 47.6 Å². The maximum absolute atomic E-state index is 14.1. The molecule has 1 spiro atoms. The van der Waals surface area contributed by atoms with E-state index in [9.17, 15) is 14.4 Å². The van der Waals surface area contributed by atoms with Crippen LogP contribution >= 0.6 is 0 Å². The summed E-state index contributed by atoms with van der Waals surface area (Å²) in [6.07, 6.45) is 11.6. The molecule has 204 valence electrons. The van der Waals surface area contributed by atoms with Crippen molar-refractivity contribution in [3.8, 4) is 5.75 Å². The van der Waals surface area contributed by atoms with Crippen LogP contribution in [0.15, 0.2) is 60.9 Å². The highest BCUT2D eigenvalue weighted by atomic mass is 16.5. The van der Waals surface area contributed by atoms with E-state index in [1.807, 2.05) is 25.1 Å². The fourth-order valence-electron chi connectivity index (χ4n) is 6.68. The van der Waals surface area contributed by atoms with E-state index < -0.39 is 29.6 Å². The van der Waals surface area contributed by atoms with Gasteiger partial charge in [0.2, 0.25) is 17.7 Å². The fourth-order valence-corrected chi connectivity index (χ4v) is 6.68. The van der Waals surface area contributed by atoms with Crippen LogP contribution in [-0.2, 0) is 25.7 Å². The Hall–Kier alpha value is -3.72. The molecule has 1 aromatic carbocycles. The summed E-state index contributed by atoms with van der Waals surface area (Å²) >= 11 is 0. The molecule has 0 unspecified atom stereocenters. The van der Waals surface area contributed by atoms with Gasteiger partial charge in [0.1, 0.15) is 17.4 Å². The van der Waals surface area contributed by atoms with Crippen molar-refractivity contribution >= 4 is 23.4 Å². The number of benzene rings is 1. The van der Waals surface area contributed by atoms with E-state index in [-0.39, 0.29) is 30.3 Å². The Labute approximate surface area is 228 Å². The number of amides is 3. The highest BCUT2D eigenvalue weighted by Crippen LogP contribution is 2.55. The number of hydrogen-bond acceptors (Lipinski definition) is 6. The maximum atomic E-state index is 14.1. The SMILES string of the molecule is CCOc1ccc(NC(=O)[C@H]2[C@@H]3C=C[C@]4(O3)[C@@H]2C(=O)N(Cc2cccnc2)[C@H]4C(=O)NC2CCCCC2)cc1. The number of hydrogen-bond donors (Lipinski definition) is 2. The molecule has 2 saturated heterocycles. The third-order valence-electron chi connectivity index (χ3n) is 8.39.